The third-order valence-corrected chi connectivity index (χ3v) is 7.86. The second-order valence-electron chi connectivity index (χ2n) is 10.2. The lowest BCUT2D eigenvalue weighted by Crippen LogP contribution is -2.56. The molecule has 190 valence electrons. The number of fused-ring (bicyclic) bond motifs is 4. The Morgan fingerprint density at radius 1 is 1.31 bits per heavy atom. The van der Waals surface area contributed by atoms with E-state index >= 15 is 0 Å². The maximum atomic E-state index is 14.0. The Balaban J connectivity index is 1.21. The summed E-state index contributed by atoms with van der Waals surface area (Å²) in [7, 11) is 0. The average Bonchev–Trinajstić information content (AvgIpc) is 3.59. The van der Waals surface area contributed by atoms with E-state index in [9.17, 15) is 13.7 Å². The standard InChI is InChI=1S/C25H27F2N5O4/c1-15(35-18-3-4-21-20(7-18)19-5-6-34-10-17(19)8-28-21)22-9-32(30-29-22)25-11-24(12-25,13-26)31(14-25)23(33)16(2)36-27/h3-4,7-9,15-16H,5-6,10-14H2,1-2H3. The van der Waals surface area contributed by atoms with Crippen LogP contribution in [-0.4, -0.2) is 62.3 Å². The SMILES string of the molecule is CC(OF)C(=O)N1CC2(n3cc(C(C)Oc4ccc5ncc6c(c5c4)CCOC6)nn3)CC1(CF)C2. The van der Waals surface area contributed by atoms with Crippen molar-refractivity contribution in [1.82, 2.24) is 24.9 Å². The molecule has 0 spiro atoms. The van der Waals surface area contributed by atoms with Gasteiger partial charge in [0.05, 0.1) is 36.0 Å². The summed E-state index contributed by atoms with van der Waals surface area (Å²) in [5.74, 6) is 0.133. The van der Waals surface area contributed by atoms with Gasteiger partial charge in [0, 0.05) is 31.0 Å². The molecule has 0 radical (unpaired) electrons. The Morgan fingerprint density at radius 3 is 2.92 bits per heavy atom. The maximum absolute atomic E-state index is 14.0. The summed E-state index contributed by atoms with van der Waals surface area (Å²) < 4.78 is 40.1. The van der Waals surface area contributed by atoms with Crippen molar-refractivity contribution in [2.45, 2.75) is 63.0 Å². The third kappa shape index (κ3) is 3.47. The monoisotopic (exact) mass is 499 g/mol. The third-order valence-electron chi connectivity index (χ3n) is 7.86. The lowest BCUT2D eigenvalue weighted by atomic mass is 9.68. The molecule has 3 aromatic rings. The van der Waals surface area contributed by atoms with Gasteiger partial charge in [-0.15, -0.1) is 5.10 Å². The molecule has 2 bridgehead atoms. The highest BCUT2D eigenvalue weighted by molar-refractivity contribution is 5.85. The largest absolute Gasteiger partial charge is 0.484 e. The number of halogens is 2. The van der Waals surface area contributed by atoms with Gasteiger partial charge in [-0.25, -0.2) is 9.07 Å². The minimum Gasteiger partial charge on any atom is -0.484 e. The van der Waals surface area contributed by atoms with Gasteiger partial charge in [0.1, 0.15) is 24.2 Å². The van der Waals surface area contributed by atoms with Gasteiger partial charge in [-0.3, -0.25) is 9.78 Å². The smallest absolute Gasteiger partial charge is 0.255 e. The number of carbonyl (C=O) groups excluding carboxylic acids is 1. The molecule has 1 saturated carbocycles. The normalized spacial score (nSPS) is 26.4. The molecule has 11 heteroatoms. The van der Waals surface area contributed by atoms with Crippen LogP contribution in [0.1, 0.15) is 49.6 Å². The summed E-state index contributed by atoms with van der Waals surface area (Å²) in [6.07, 6.45) is 3.61. The second kappa shape index (κ2) is 8.45. The zero-order valence-electron chi connectivity index (χ0n) is 20.1. The summed E-state index contributed by atoms with van der Waals surface area (Å²) in [4.78, 5) is 22.2. The molecule has 1 aromatic carbocycles. The van der Waals surface area contributed by atoms with Gasteiger partial charge < -0.3 is 14.4 Å². The molecule has 2 atom stereocenters. The van der Waals surface area contributed by atoms with Gasteiger partial charge in [-0.2, -0.15) is 4.94 Å². The van der Waals surface area contributed by atoms with Crippen molar-refractivity contribution in [2.24, 2.45) is 0 Å². The van der Waals surface area contributed by atoms with Crippen LogP contribution in [0.4, 0.5) is 8.92 Å². The minimum atomic E-state index is -1.28. The molecule has 4 aliphatic rings. The van der Waals surface area contributed by atoms with Gasteiger partial charge >= 0.3 is 0 Å². The molecule has 3 aliphatic heterocycles. The number of alkyl halides is 1. The van der Waals surface area contributed by atoms with Crippen LogP contribution in [0.25, 0.3) is 10.9 Å². The number of aromatic nitrogens is 4. The van der Waals surface area contributed by atoms with Crippen LogP contribution in [0, 0.1) is 0 Å². The maximum Gasteiger partial charge on any atom is 0.255 e. The van der Waals surface area contributed by atoms with E-state index in [0.29, 0.717) is 37.5 Å². The van der Waals surface area contributed by atoms with Crippen LogP contribution >= 0.6 is 0 Å². The fraction of sp³-hybridized carbons (Fsp3) is 0.520. The molecule has 5 heterocycles. The van der Waals surface area contributed by atoms with Crippen LogP contribution in [0.2, 0.25) is 0 Å². The summed E-state index contributed by atoms with van der Waals surface area (Å²) in [6.45, 7) is 3.99. The summed E-state index contributed by atoms with van der Waals surface area (Å²) >= 11 is 0. The van der Waals surface area contributed by atoms with Crippen molar-refractivity contribution in [3.63, 3.8) is 0 Å². The van der Waals surface area contributed by atoms with Crippen molar-refractivity contribution in [3.8, 4) is 5.75 Å². The van der Waals surface area contributed by atoms with E-state index in [0.717, 1.165) is 22.9 Å². The quantitative estimate of drug-likeness (QED) is 0.492. The van der Waals surface area contributed by atoms with Crippen molar-refractivity contribution in [2.75, 3.05) is 19.8 Å². The van der Waals surface area contributed by atoms with E-state index in [1.165, 1.54) is 17.4 Å². The molecule has 2 unspecified atom stereocenters. The first-order chi connectivity index (χ1) is 17.4. The van der Waals surface area contributed by atoms with Gasteiger partial charge in [0.15, 0.2) is 6.10 Å². The van der Waals surface area contributed by atoms with Crippen molar-refractivity contribution < 1.29 is 28.1 Å². The highest BCUT2D eigenvalue weighted by Crippen LogP contribution is 2.58. The van der Waals surface area contributed by atoms with Crippen LogP contribution < -0.4 is 4.74 Å². The average molecular weight is 500 g/mol. The van der Waals surface area contributed by atoms with Crippen LogP contribution in [0.5, 0.6) is 5.75 Å². The lowest BCUT2D eigenvalue weighted by molar-refractivity contribution is -0.192. The fourth-order valence-electron chi connectivity index (χ4n) is 5.98. The molecule has 1 amide bonds. The van der Waals surface area contributed by atoms with E-state index < -0.39 is 35.9 Å². The molecule has 1 aliphatic carbocycles. The first-order valence-electron chi connectivity index (χ1n) is 12.1. The zero-order chi connectivity index (χ0) is 25.1. The molecular weight excluding hydrogens is 472 g/mol. The molecule has 2 aromatic heterocycles. The molecule has 2 saturated heterocycles. The van der Waals surface area contributed by atoms with Gasteiger partial charge in [0.2, 0.25) is 0 Å². The number of carbonyl (C=O) groups is 1. The predicted molar refractivity (Wildman–Crippen MR) is 123 cm³/mol. The molecule has 0 N–H and O–H groups in total. The van der Waals surface area contributed by atoms with E-state index in [1.807, 2.05) is 31.3 Å². The van der Waals surface area contributed by atoms with Crippen molar-refractivity contribution >= 4 is 16.8 Å². The van der Waals surface area contributed by atoms with Crippen LogP contribution in [0.3, 0.4) is 0 Å². The molecule has 36 heavy (non-hydrogen) atoms. The molecule has 9 nitrogen and oxygen atoms in total. The first kappa shape index (κ1) is 23.2. The van der Waals surface area contributed by atoms with Crippen molar-refractivity contribution in [3.05, 3.63) is 47.4 Å². The Bertz CT molecular complexity index is 1330. The summed E-state index contributed by atoms with van der Waals surface area (Å²) in [5.41, 5.74) is 2.36. The summed E-state index contributed by atoms with van der Waals surface area (Å²) in [5, 5.41) is 9.66. The second-order valence-corrected chi connectivity index (χ2v) is 10.2. The number of ether oxygens (including phenoxy) is 2. The van der Waals surface area contributed by atoms with Gasteiger partial charge in [-0.1, -0.05) is 5.21 Å². The number of hydrogen-bond acceptors (Lipinski definition) is 7. The topological polar surface area (TPSA) is 91.6 Å². The molecular formula is C25H27F2N5O4. The number of benzene rings is 1. The van der Waals surface area contributed by atoms with E-state index in [2.05, 4.69) is 20.2 Å². The number of hydrogen-bond donors (Lipinski definition) is 0. The van der Waals surface area contributed by atoms with Gasteiger partial charge in [-0.05, 0) is 54.1 Å². The highest BCUT2D eigenvalue weighted by atomic mass is 19.3. The predicted octanol–water partition coefficient (Wildman–Crippen LogP) is 3.37. The number of pyridine rings is 1. The minimum absolute atomic E-state index is 0.230. The van der Waals surface area contributed by atoms with Crippen molar-refractivity contribution in [1.29, 1.82) is 0 Å². The van der Waals surface area contributed by atoms with Crippen LogP contribution in [-0.2, 0) is 33.0 Å². The van der Waals surface area contributed by atoms with E-state index in [1.54, 1.807) is 10.9 Å². The Labute approximate surface area is 206 Å². The van der Waals surface area contributed by atoms with Gasteiger partial charge in [0.25, 0.3) is 5.91 Å². The Kier molecular flexibility index (Phi) is 5.45. The fourth-order valence-corrected chi connectivity index (χ4v) is 5.98. The Morgan fingerprint density at radius 2 is 2.14 bits per heavy atom. The molecule has 3 fully saturated rings. The van der Waals surface area contributed by atoms with Crippen LogP contribution in [0.15, 0.2) is 30.6 Å². The number of rotatable bonds is 7. The van der Waals surface area contributed by atoms with E-state index in [-0.39, 0.29) is 6.54 Å². The van der Waals surface area contributed by atoms with E-state index in [4.69, 9.17) is 9.47 Å². The molecule has 7 rings (SSSR count). The number of amides is 1. The first-order valence-corrected chi connectivity index (χ1v) is 12.1. The summed E-state index contributed by atoms with van der Waals surface area (Å²) in [6, 6.07) is 5.83. The zero-order valence-corrected chi connectivity index (χ0v) is 20.1. The highest BCUT2D eigenvalue weighted by Gasteiger charge is 2.68. The Hall–Kier alpha value is -3.18. The number of nitrogens with zero attached hydrogens (tertiary/aromatic N) is 5. The lowest BCUT2D eigenvalue weighted by Gasteiger charge is -2.45.